The number of hydrogen-bond donors (Lipinski definition) is 5. The van der Waals surface area contributed by atoms with E-state index in [2.05, 4.69) is 16.0 Å². The van der Waals surface area contributed by atoms with E-state index in [1.165, 1.54) is 12.1 Å². The minimum atomic E-state index is -1.17. The van der Waals surface area contributed by atoms with Gasteiger partial charge in [0.25, 0.3) is 0 Å². The van der Waals surface area contributed by atoms with Gasteiger partial charge in [-0.05, 0) is 117 Å². The van der Waals surface area contributed by atoms with Crippen molar-refractivity contribution in [3.8, 4) is 5.75 Å². The molecule has 1 aromatic rings. The molecule has 14 nitrogen and oxygen atoms in total. The number of carboxylic acids is 2. The maximum Gasteiger partial charge on any atom is 0.335 e. The van der Waals surface area contributed by atoms with Crippen molar-refractivity contribution in [1.82, 2.24) is 25.8 Å². The first-order chi connectivity index (χ1) is 25.7. The Morgan fingerprint density at radius 1 is 0.630 bits per heavy atom. The first kappa shape index (κ1) is 48.0. The zero-order valence-corrected chi connectivity index (χ0v) is 33.3. The molecular formula is C40H67N5O9. The van der Waals surface area contributed by atoms with Crippen LogP contribution in [0.15, 0.2) is 24.3 Å². The van der Waals surface area contributed by atoms with Crippen molar-refractivity contribution >= 4 is 35.4 Å². The van der Waals surface area contributed by atoms with E-state index in [1.807, 2.05) is 38.0 Å². The molecule has 0 aliphatic carbocycles. The van der Waals surface area contributed by atoms with Crippen molar-refractivity contribution in [3.05, 3.63) is 29.8 Å². The summed E-state index contributed by atoms with van der Waals surface area (Å²) >= 11 is 0. The SMILES string of the molecule is CC(=O)[C@H](CCCCNC(=O)[C@H](CCCCNC(=O)CC[C@H](NC(=O)CCCCCCCCCCOc1ccc(C(=O)O)cc1)C(=O)O)N(C)C)N(C)C. The van der Waals surface area contributed by atoms with Gasteiger partial charge in [0.2, 0.25) is 17.7 Å². The Morgan fingerprint density at radius 2 is 1.17 bits per heavy atom. The van der Waals surface area contributed by atoms with Crippen LogP contribution in [0.25, 0.3) is 0 Å². The van der Waals surface area contributed by atoms with Crippen molar-refractivity contribution in [2.75, 3.05) is 47.9 Å². The summed E-state index contributed by atoms with van der Waals surface area (Å²) in [5.41, 5.74) is 0.230. The Bertz CT molecular complexity index is 1270. The van der Waals surface area contributed by atoms with Gasteiger partial charge in [-0.25, -0.2) is 9.59 Å². The number of hydrogen-bond acceptors (Lipinski definition) is 9. The summed E-state index contributed by atoms with van der Waals surface area (Å²) in [7, 11) is 7.51. The summed E-state index contributed by atoms with van der Waals surface area (Å²) in [6.45, 7) is 3.14. The van der Waals surface area contributed by atoms with Crippen LogP contribution in [-0.2, 0) is 24.0 Å². The minimum Gasteiger partial charge on any atom is -0.494 e. The first-order valence-corrected chi connectivity index (χ1v) is 19.6. The predicted molar refractivity (Wildman–Crippen MR) is 209 cm³/mol. The summed E-state index contributed by atoms with van der Waals surface area (Å²) < 4.78 is 5.65. The van der Waals surface area contributed by atoms with Crippen molar-refractivity contribution in [2.24, 2.45) is 0 Å². The van der Waals surface area contributed by atoms with Gasteiger partial charge in [-0.15, -0.1) is 0 Å². The lowest BCUT2D eigenvalue weighted by Gasteiger charge is -2.24. The third-order valence-electron chi connectivity index (χ3n) is 9.41. The highest BCUT2D eigenvalue weighted by Crippen LogP contribution is 2.15. The summed E-state index contributed by atoms with van der Waals surface area (Å²) in [5, 5.41) is 26.9. The average molecular weight is 762 g/mol. The molecule has 54 heavy (non-hydrogen) atoms. The number of aromatic carboxylic acids is 1. The number of Topliss-reactive ketones (excluding diaryl/α,β-unsaturated/α-hetero) is 1. The quantitative estimate of drug-likeness (QED) is 0.0642. The number of nitrogens with one attached hydrogen (secondary N) is 3. The Kier molecular flexibility index (Phi) is 25.2. The molecular weight excluding hydrogens is 694 g/mol. The Balaban J connectivity index is 2.14. The smallest absolute Gasteiger partial charge is 0.335 e. The molecule has 3 atom stereocenters. The number of likely N-dealkylation sites (N-methyl/N-ethyl adjacent to an activating group) is 2. The number of aliphatic carboxylic acids is 1. The monoisotopic (exact) mass is 761 g/mol. The van der Waals surface area contributed by atoms with E-state index in [9.17, 15) is 33.9 Å². The summed E-state index contributed by atoms with van der Waals surface area (Å²) in [4.78, 5) is 75.7. The number of benzene rings is 1. The molecule has 0 saturated heterocycles. The van der Waals surface area contributed by atoms with E-state index in [-0.39, 0.29) is 60.4 Å². The fourth-order valence-electron chi connectivity index (χ4n) is 6.15. The van der Waals surface area contributed by atoms with Crippen molar-refractivity contribution in [3.63, 3.8) is 0 Å². The zero-order chi connectivity index (χ0) is 40.3. The van der Waals surface area contributed by atoms with Gasteiger partial charge in [0.1, 0.15) is 17.6 Å². The molecule has 1 aromatic carbocycles. The van der Waals surface area contributed by atoms with Crippen LogP contribution < -0.4 is 20.7 Å². The third kappa shape index (κ3) is 22.2. The molecule has 306 valence electrons. The minimum absolute atomic E-state index is 0.00236. The molecule has 14 heteroatoms. The van der Waals surface area contributed by atoms with Gasteiger partial charge in [-0.3, -0.25) is 29.0 Å². The number of carbonyl (C=O) groups excluding carboxylic acids is 4. The molecule has 1 rings (SSSR count). The molecule has 0 aliphatic heterocycles. The summed E-state index contributed by atoms with van der Waals surface area (Å²) in [6, 6.07) is 4.85. The van der Waals surface area contributed by atoms with E-state index in [1.54, 1.807) is 19.1 Å². The number of ether oxygens (including phenoxy) is 1. The van der Waals surface area contributed by atoms with Gasteiger partial charge in [0.15, 0.2) is 0 Å². The Morgan fingerprint density at radius 3 is 1.70 bits per heavy atom. The largest absolute Gasteiger partial charge is 0.494 e. The maximum absolute atomic E-state index is 12.8. The average Bonchev–Trinajstić information content (AvgIpc) is 3.11. The molecule has 0 bridgehead atoms. The highest BCUT2D eigenvalue weighted by Gasteiger charge is 2.22. The number of ketones is 1. The second-order valence-corrected chi connectivity index (χ2v) is 14.5. The Hall–Kier alpha value is -4.04. The Labute approximate surface area is 322 Å². The lowest BCUT2D eigenvalue weighted by atomic mass is 10.0. The molecule has 0 radical (unpaired) electrons. The van der Waals surface area contributed by atoms with Crippen LogP contribution in [0, 0.1) is 0 Å². The molecule has 0 fully saturated rings. The van der Waals surface area contributed by atoms with Crippen molar-refractivity contribution < 1.29 is 43.7 Å². The van der Waals surface area contributed by atoms with Gasteiger partial charge in [0, 0.05) is 25.9 Å². The number of carboxylic acid groups (broad SMARTS) is 2. The molecule has 0 saturated carbocycles. The van der Waals surface area contributed by atoms with Crippen LogP contribution in [0.4, 0.5) is 0 Å². The van der Waals surface area contributed by atoms with Crippen LogP contribution in [0.2, 0.25) is 0 Å². The second-order valence-electron chi connectivity index (χ2n) is 14.5. The lowest BCUT2D eigenvalue weighted by Crippen LogP contribution is -2.44. The number of nitrogens with zero attached hydrogens (tertiary/aromatic N) is 2. The predicted octanol–water partition coefficient (Wildman–Crippen LogP) is 4.65. The van der Waals surface area contributed by atoms with Crippen LogP contribution >= 0.6 is 0 Å². The maximum atomic E-state index is 12.8. The van der Waals surface area contributed by atoms with Gasteiger partial charge >= 0.3 is 11.9 Å². The van der Waals surface area contributed by atoms with E-state index >= 15 is 0 Å². The topological polar surface area (TPSA) is 195 Å². The van der Waals surface area contributed by atoms with Gasteiger partial charge in [-0.2, -0.15) is 0 Å². The summed E-state index contributed by atoms with van der Waals surface area (Å²) in [5.74, 6) is -1.98. The highest BCUT2D eigenvalue weighted by atomic mass is 16.5. The first-order valence-electron chi connectivity index (χ1n) is 19.6. The van der Waals surface area contributed by atoms with Crippen molar-refractivity contribution in [2.45, 2.75) is 134 Å². The standard InChI is InChI=1S/C40H67N5O9/c1-30(46)34(44(2)3)18-13-16-28-42-38(49)35(45(4)5)19-14-15-27-41-36(47)26-25-33(40(52)53)43-37(48)20-12-10-8-6-7-9-11-17-29-54-32-23-21-31(22-24-32)39(50)51/h21-24,33-35H,6-20,25-29H2,1-5H3,(H,41,47)(H,42,49)(H,43,48)(H,50,51)(H,52,53)/t33-,34-,35-/m0/s1. The van der Waals surface area contributed by atoms with Crippen LogP contribution in [0.1, 0.15) is 126 Å². The van der Waals surface area contributed by atoms with Gasteiger partial charge in [-0.1, -0.05) is 38.5 Å². The van der Waals surface area contributed by atoms with E-state index in [4.69, 9.17) is 9.84 Å². The molecule has 5 N–H and O–H groups in total. The molecule has 0 unspecified atom stereocenters. The summed E-state index contributed by atoms with van der Waals surface area (Å²) in [6.07, 6.45) is 12.3. The fraction of sp³-hybridized carbons (Fsp3) is 0.700. The normalized spacial score (nSPS) is 12.9. The van der Waals surface area contributed by atoms with Gasteiger partial charge in [0.05, 0.1) is 24.3 Å². The van der Waals surface area contributed by atoms with E-state index in [0.29, 0.717) is 44.7 Å². The van der Waals surface area contributed by atoms with Crippen LogP contribution in [0.3, 0.4) is 0 Å². The molecule has 0 heterocycles. The molecule has 0 aliphatic rings. The van der Waals surface area contributed by atoms with Crippen molar-refractivity contribution in [1.29, 1.82) is 0 Å². The highest BCUT2D eigenvalue weighted by molar-refractivity contribution is 5.87. The number of unbranched alkanes of at least 4 members (excludes halogenated alkanes) is 9. The molecule has 0 spiro atoms. The lowest BCUT2D eigenvalue weighted by molar-refractivity contribution is -0.142. The number of rotatable bonds is 32. The number of amides is 3. The molecule has 3 amide bonds. The second kappa shape index (κ2) is 28.4. The van der Waals surface area contributed by atoms with E-state index in [0.717, 1.165) is 70.6 Å². The fourth-order valence-corrected chi connectivity index (χ4v) is 6.15. The van der Waals surface area contributed by atoms with Crippen LogP contribution in [-0.4, -0.2) is 121 Å². The molecule has 0 aromatic heterocycles. The van der Waals surface area contributed by atoms with Crippen LogP contribution in [0.5, 0.6) is 5.75 Å². The van der Waals surface area contributed by atoms with Gasteiger partial charge < -0.3 is 30.9 Å². The third-order valence-corrected chi connectivity index (χ3v) is 9.41. The number of carbonyl (C=O) groups is 6. The van der Waals surface area contributed by atoms with E-state index < -0.39 is 18.0 Å². The zero-order valence-electron chi connectivity index (χ0n) is 33.3.